The molecule has 9 aromatic carbocycles. The molecule has 0 aliphatic heterocycles. The Bertz CT molecular complexity index is 4260. The van der Waals surface area contributed by atoms with Gasteiger partial charge < -0.3 is 0 Å². The largest absolute Gasteiger partial charge is 0.0654 e. The number of fused-ring (bicyclic) bond motifs is 16. The summed E-state index contributed by atoms with van der Waals surface area (Å²) >= 11 is 0. The molecule has 96 heavy (non-hydrogen) atoms. The van der Waals surface area contributed by atoms with Crippen LogP contribution in [0.3, 0.4) is 0 Å². The van der Waals surface area contributed by atoms with Crippen LogP contribution in [0.4, 0.5) is 0 Å². The molecule has 4 aliphatic carbocycles. The first kappa shape index (κ1) is 68.0. The van der Waals surface area contributed by atoms with Gasteiger partial charge in [0.15, 0.2) is 0 Å². The number of hydrogen-bond acceptors (Lipinski definition) is 0. The summed E-state index contributed by atoms with van der Waals surface area (Å²) in [7, 11) is 0. The quantitative estimate of drug-likeness (QED) is 0.0369. The van der Waals surface area contributed by atoms with Gasteiger partial charge in [-0.25, -0.2) is 0 Å². The summed E-state index contributed by atoms with van der Waals surface area (Å²) in [6.45, 7) is 28.9. The van der Waals surface area contributed by atoms with Crippen molar-refractivity contribution in [1.29, 1.82) is 0 Å². The minimum absolute atomic E-state index is 0.0938. The molecular formula is C96H118. The Morgan fingerprint density at radius 2 is 0.490 bits per heavy atom. The van der Waals surface area contributed by atoms with E-state index in [4.69, 9.17) is 0 Å². The molecule has 0 atom stereocenters. The number of aryl methyl sites for hydroxylation is 4. The van der Waals surface area contributed by atoms with Gasteiger partial charge >= 0.3 is 0 Å². The molecule has 13 rings (SSSR count). The van der Waals surface area contributed by atoms with Crippen LogP contribution < -0.4 is 0 Å². The molecule has 0 fully saturated rings. The fraction of sp³-hybridized carbons (Fsp3) is 0.479. The lowest BCUT2D eigenvalue weighted by Gasteiger charge is -2.35. The van der Waals surface area contributed by atoms with E-state index < -0.39 is 0 Å². The average molecular weight is 1270 g/mol. The van der Waals surface area contributed by atoms with Crippen molar-refractivity contribution < 1.29 is 0 Å². The molecule has 502 valence electrons. The van der Waals surface area contributed by atoms with Crippen LogP contribution in [0.2, 0.25) is 0 Å². The van der Waals surface area contributed by atoms with Gasteiger partial charge in [-0.15, -0.1) is 0 Å². The van der Waals surface area contributed by atoms with E-state index >= 15 is 0 Å². The smallest absolute Gasteiger partial charge is 0.0215 e. The predicted octanol–water partition coefficient (Wildman–Crippen LogP) is 29.5. The first-order chi connectivity index (χ1) is 46.6. The highest BCUT2D eigenvalue weighted by Crippen LogP contribution is 2.66. The molecule has 0 nitrogen and oxygen atoms in total. The van der Waals surface area contributed by atoms with Crippen LogP contribution in [0.1, 0.15) is 315 Å². The summed E-state index contributed by atoms with van der Waals surface area (Å²) in [5.41, 5.74) is 35.2. The third-order valence-corrected chi connectivity index (χ3v) is 25.1. The van der Waals surface area contributed by atoms with Gasteiger partial charge in [-0.3, -0.25) is 0 Å². The van der Waals surface area contributed by atoms with E-state index in [9.17, 15) is 0 Å². The zero-order chi connectivity index (χ0) is 66.9. The zero-order valence-electron chi connectivity index (χ0n) is 61.9. The summed E-state index contributed by atoms with van der Waals surface area (Å²) in [5.74, 6) is 0. The normalized spacial score (nSPS) is 15.2. The van der Waals surface area contributed by atoms with Gasteiger partial charge in [0.2, 0.25) is 0 Å². The maximum Gasteiger partial charge on any atom is 0.0215 e. The van der Waals surface area contributed by atoms with Crippen molar-refractivity contribution in [3.8, 4) is 66.8 Å². The molecule has 0 saturated heterocycles. The average Bonchev–Trinajstić information content (AvgIpc) is 1.52. The van der Waals surface area contributed by atoms with Crippen LogP contribution in [0.25, 0.3) is 88.3 Å². The second-order valence-corrected chi connectivity index (χ2v) is 32.4. The molecule has 0 aromatic heterocycles. The van der Waals surface area contributed by atoms with E-state index in [1.165, 1.54) is 303 Å². The molecule has 0 radical (unpaired) electrons. The van der Waals surface area contributed by atoms with Crippen molar-refractivity contribution in [3.63, 3.8) is 0 Å². The minimum atomic E-state index is -0.196. The maximum absolute atomic E-state index is 2.95. The number of hydrogen-bond donors (Lipinski definition) is 0. The second-order valence-electron chi connectivity index (χ2n) is 32.4. The maximum atomic E-state index is 2.95. The van der Waals surface area contributed by atoms with Crippen molar-refractivity contribution >= 4 is 21.5 Å². The van der Waals surface area contributed by atoms with E-state index in [0.29, 0.717) is 0 Å². The Kier molecular flexibility index (Phi) is 20.4. The monoisotopic (exact) mass is 1270 g/mol. The minimum Gasteiger partial charge on any atom is -0.0654 e. The number of unbranched alkanes of at least 4 members (excludes halogenated alkanes) is 22. The highest BCUT2D eigenvalue weighted by molar-refractivity contribution is 6.12. The summed E-state index contributed by atoms with van der Waals surface area (Å²) in [4.78, 5) is 0. The van der Waals surface area contributed by atoms with Crippen LogP contribution in [0, 0.1) is 27.7 Å². The highest BCUT2D eigenvalue weighted by Gasteiger charge is 2.51. The molecule has 4 aliphatic rings. The van der Waals surface area contributed by atoms with E-state index in [1.807, 2.05) is 0 Å². The first-order valence-corrected chi connectivity index (χ1v) is 39.5. The molecule has 0 N–H and O–H groups in total. The van der Waals surface area contributed by atoms with Crippen LogP contribution in [0.15, 0.2) is 133 Å². The van der Waals surface area contributed by atoms with Gasteiger partial charge in [0.25, 0.3) is 0 Å². The fourth-order valence-corrected chi connectivity index (χ4v) is 19.6. The van der Waals surface area contributed by atoms with Gasteiger partial charge in [-0.05, 0) is 246 Å². The predicted molar refractivity (Wildman–Crippen MR) is 420 cm³/mol. The Labute approximate surface area is 582 Å². The van der Waals surface area contributed by atoms with E-state index in [2.05, 4.69) is 217 Å². The lowest BCUT2D eigenvalue weighted by molar-refractivity contribution is 0.394. The summed E-state index contributed by atoms with van der Waals surface area (Å²) < 4.78 is 0. The topological polar surface area (TPSA) is 0 Å². The Hall–Kier alpha value is -6.50. The molecule has 0 heteroatoms. The van der Waals surface area contributed by atoms with Gasteiger partial charge in [-0.2, -0.15) is 0 Å². The fourth-order valence-electron chi connectivity index (χ4n) is 19.6. The summed E-state index contributed by atoms with van der Waals surface area (Å²) in [6, 6.07) is 55.7. The molecular weight excluding hydrogens is 1150 g/mol. The number of benzene rings is 9. The van der Waals surface area contributed by atoms with Gasteiger partial charge in [0.1, 0.15) is 0 Å². The molecule has 0 unspecified atom stereocenters. The second kappa shape index (κ2) is 28.8. The molecule has 9 aromatic rings. The van der Waals surface area contributed by atoms with E-state index in [-0.39, 0.29) is 21.7 Å². The Morgan fingerprint density at radius 3 is 0.802 bits per heavy atom. The summed E-state index contributed by atoms with van der Waals surface area (Å²) in [5, 5.41) is 5.58. The molecule has 0 amide bonds. The Morgan fingerprint density at radius 1 is 0.229 bits per heavy atom. The highest BCUT2D eigenvalue weighted by atomic mass is 14.5. The van der Waals surface area contributed by atoms with E-state index in [0.717, 1.165) is 0 Å². The van der Waals surface area contributed by atoms with Gasteiger partial charge in [0.05, 0.1) is 0 Å². The van der Waals surface area contributed by atoms with Crippen molar-refractivity contribution in [1.82, 2.24) is 0 Å². The standard InChI is InChI=1S/C96H118/c1-13-17-21-25-29-33-41-53-96(54-42-34-30-26-22-18-14-2)86-62-79-77-59-83-81(91-71-45-37-35-43-69(71)75(57-89(91)93(83,9)10)73-55-65(5)47-49-67(73)7)63-87(77)95(51-39-31-27-23-19-15-3,52-40-32-28-24-20-16-4)85(79)61-80(86)78-60-84-82(64-88(78)96)92-72-46-38-36-44-70(72)76(58-90(92)94(84,11)12)74-56-66(6)48-50-68(74)8/h35-38,43-50,55-64H,13-34,39-42,51-54H2,1-12H3. The molecule has 0 heterocycles. The lowest BCUT2D eigenvalue weighted by atomic mass is 9.68. The third kappa shape index (κ3) is 12.2. The van der Waals surface area contributed by atoms with Crippen molar-refractivity contribution in [3.05, 3.63) is 200 Å². The van der Waals surface area contributed by atoms with Crippen LogP contribution >= 0.6 is 0 Å². The zero-order valence-corrected chi connectivity index (χ0v) is 61.9. The molecule has 0 saturated carbocycles. The first-order valence-electron chi connectivity index (χ1n) is 39.5. The van der Waals surface area contributed by atoms with Gasteiger partial charge in [0, 0.05) is 21.7 Å². The summed E-state index contributed by atoms with van der Waals surface area (Å²) in [6.07, 6.45) is 39.3. The van der Waals surface area contributed by atoms with Crippen LogP contribution in [-0.4, -0.2) is 0 Å². The van der Waals surface area contributed by atoms with Crippen molar-refractivity contribution in [2.75, 3.05) is 0 Å². The van der Waals surface area contributed by atoms with Crippen LogP contribution in [0.5, 0.6) is 0 Å². The third-order valence-electron chi connectivity index (χ3n) is 25.1. The molecule has 0 bridgehead atoms. The van der Waals surface area contributed by atoms with Crippen LogP contribution in [-0.2, 0) is 21.7 Å². The lowest BCUT2D eigenvalue weighted by Crippen LogP contribution is -2.27. The van der Waals surface area contributed by atoms with Crippen molar-refractivity contribution in [2.24, 2.45) is 0 Å². The van der Waals surface area contributed by atoms with E-state index in [1.54, 1.807) is 44.5 Å². The number of rotatable bonds is 32. The SMILES string of the molecule is CCCCCCCCCC1(CCCCCCCCC)c2cc3c(cc2-c2cc4c(cc21)-c1cc2c(cc1C4(CCCCCCCC)CCCCCCCC)-c1c(cc(-c4cc(C)ccc4C)c4ccccc14)C2(C)C)C(C)(C)c1cc(-c2cc(C)ccc2C)c2ccccc2c1-3. The van der Waals surface area contributed by atoms with Crippen molar-refractivity contribution in [2.45, 2.75) is 297 Å². The van der Waals surface area contributed by atoms with Gasteiger partial charge in [-0.1, -0.05) is 318 Å². The Balaban J connectivity index is 1.05. The molecule has 0 spiro atoms.